The number of benzene rings is 1. The van der Waals surface area contributed by atoms with Crippen LogP contribution in [0.4, 0.5) is 5.95 Å². The number of aromatic nitrogens is 3. The number of nitrogens with one attached hydrogen (secondary N) is 1. The van der Waals surface area contributed by atoms with Crippen molar-refractivity contribution in [3.63, 3.8) is 0 Å². The molecule has 0 amide bonds. The first-order valence-corrected chi connectivity index (χ1v) is 10.4. The smallest absolute Gasteiger partial charge is 0.256 e. The van der Waals surface area contributed by atoms with Crippen LogP contribution in [-0.2, 0) is 14.8 Å². The number of nitrogens with zero attached hydrogens (tertiary/aromatic N) is 4. The van der Waals surface area contributed by atoms with E-state index < -0.39 is 10.0 Å². The second-order valence-electron chi connectivity index (χ2n) is 5.87. The molecule has 0 spiro atoms. The zero-order chi connectivity index (χ0) is 18.7. The van der Waals surface area contributed by atoms with Crippen LogP contribution in [0.15, 0.2) is 18.2 Å². The van der Waals surface area contributed by atoms with Gasteiger partial charge in [-0.15, -0.1) is 5.10 Å². The lowest BCUT2D eigenvalue weighted by Crippen LogP contribution is -2.39. The number of anilines is 1. The summed E-state index contributed by atoms with van der Waals surface area (Å²) in [5, 5.41) is 5.02. The Morgan fingerprint density at radius 3 is 2.65 bits per heavy atom. The third-order valence-corrected chi connectivity index (χ3v) is 5.90. The maximum absolute atomic E-state index is 12.3. The Balaban J connectivity index is 1.68. The van der Waals surface area contributed by atoms with Gasteiger partial charge in [-0.2, -0.15) is 4.98 Å². The monoisotopic (exact) mass is 419 g/mol. The summed E-state index contributed by atoms with van der Waals surface area (Å²) in [6, 6.07) is 5.02. The quantitative estimate of drug-likeness (QED) is 0.769. The lowest BCUT2D eigenvalue weighted by molar-refractivity contribution is 0.0408. The topological polar surface area (TPSA) is 89.3 Å². The first-order valence-electron chi connectivity index (χ1n) is 8.04. The van der Waals surface area contributed by atoms with E-state index in [0.717, 1.165) is 13.1 Å². The normalized spacial score (nSPS) is 16.0. The summed E-state index contributed by atoms with van der Waals surface area (Å²) >= 11 is 11.9. The molecule has 0 bridgehead atoms. The summed E-state index contributed by atoms with van der Waals surface area (Å²) in [7, 11) is -3.55. The molecule has 0 aliphatic carbocycles. The highest BCUT2D eigenvalue weighted by Gasteiger charge is 2.18. The van der Waals surface area contributed by atoms with Crippen LogP contribution in [0.25, 0.3) is 5.69 Å². The molecule has 1 aliphatic rings. The minimum absolute atomic E-state index is 0.0237. The van der Waals surface area contributed by atoms with Crippen LogP contribution in [0.2, 0.25) is 10.0 Å². The Kier molecular flexibility index (Phi) is 6.03. The van der Waals surface area contributed by atoms with Gasteiger partial charge >= 0.3 is 0 Å². The van der Waals surface area contributed by atoms with Crippen molar-refractivity contribution in [2.45, 2.75) is 6.92 Å². The molecule has 3 rings (SSSR count). The van der Waals surface area contributed by atoms with E-state index >= 15 is 0 Å². The summed E-state index contributed by atoms with van der Waals surface area (Å²) in [4.78, 5) is 6.22. The number of ether oxygens (including phenoxy) is 1. The maximum Gasteiger partial charge on any atom is 0.256 e. The van der Waals surface area contributed by atoms with Gasteiger partial charge in [0.05, 0.1) is 34.7 Å². The molecule has 26 heavy (non-hydrogen) atoms. The molecule has 1 aliphatic heterocycles. The van der Waals surface area contributed by atoms with Crippen molar-refractivity contribution in [2.24, 2.45) is 0 Å². The maximum atomic E-state index is 12.3. The molecule has 8 nitrogen and oxygen atoms in total. The van der Waals surface area contributed by atoms with Crippen molar-refractivity contribution in [3.8, 4) is 5.69 Å². The molecule has 1 aromatic heterocycles. The van der Waals surface area contributed by atoms with Gasteiger partial charge in [0.2, 0.25) is 10.0 Å². The summed E-state index contributed by atoms with van der Waals surface area (Å²) in [6.07, 6.45) is 0. The van der Waals surface area contributed by atoms with Crippen LogP contribution in [0.1, 0.15) is 5.82 Å². The first-order chi connectivity index (χ1) is 12.3. The van der Waals surface area contributed by atoms with E-state index in [2.05, 4.69) is 19.7 Å². The third kappa shape index (κ3) is 4.86. The van der Waals surface area contributed by atoms with Crippen LogP contribution in [0.5, 0.6) is 0 Å². The van der Waals surface area contributed by atoms with E-state index in [1.807, 2.05) is 0 Å². The Morgan fingerprint density at radius 2 is 1.96 bits per heavy atom. The fourth-order valence-electron chi connectivity index (χ4n) is 2.56. The van der Waals surface area contributed by atoms with E-state index in [-0.39, 0.29) is 11.7 Å². The van der Waals surface area contributed by atoms with Gasteiger partial charge in [-0.1, -0.05) is 23.2 Å². The van der Waals surface area contributed by atoms with Crippen molar-refractivity contribution >= 4 is 39.2 Å². The minimum Gasteiger partial charge on any atom is -0.379 e. The molecule has 0 atom stereocenters. The zero-order valence-electron chi connectivity index (χ0n) is 14.2. The van der Waals surface area contributed by atoms with Crippen molar-refractivity contribution in [1.29, 1.82) is 0 Å². The number of halogens is 2. The van der Waals surface area contributed by atoms with Gasteiger partial charge in [0.25, 0.3) is 5.95 Å². The van der Waals surface area contributed by atoms with Gasteiger partial charge in [-0.05, 0) is 25.1 Å². The largest absolute Gasteiger partial charge is 0.379 e. The molecule has 1 aromatic carbocycles. The highest BCUT2D eigenvalue weighted by atomic mass is 35.5. The number of rotatable bonds is 6. The molecular weight excluding hydrogens is 401 g/mol. The molecule has 0 radical (unpaired) electrons. The van der Waals surface area contributed by atoms with Gasteiger partial charge in [-0.3, -0.25) is 4.90 Å². The SMILES string of the molecule is Cc1nc(NS(=O)(=O)CCN2CCOCC2)nn1-c1ccc(Cl)c(Cl)c1. The molecule has 0 unspecified atom stereocenters. The van der Waals surface area contributed by atoms with Gasteiger partial charge in [0.1, 0.15) is 5.82 Å². The predicted molar refractivity (Wildman–Crippen MR) is 101 cm³/mol. The summed E-state index contributed by atoms with van der Waals surface area (Å²) in [5.74, 6) is 0.512. The van der Waals surface area contributed by atoms with Crippen molar-refractivity contribution in [2.75, 3.05) is 43.3 Å². The summed E-state index contributed by atoms with van der Waals surface area (Å²) in [6.45, 7) is 4.88. The minimum atomic E-state index is -3.55. The second kappa shape index (κ2) is 8.10. The van der Waals surface area contributed by atoms with E-state index in [0.29, 0.717) is 41.3 Å². The number of hydrogen-bond acceptors (Lipinski definition) is 6. The molecular formula is C15H19Cl2N5O3S. The number of hydrogen-bond donors (Lipinski definition) is 1. The lowest BCUT2D eigenvalue weighted by Gasteiger charge is -2.26. The number of aryl methyl sites for hydroxylation is 1. The molecule has 0 saturated carbocycles. The fraction of sp³-hybridized carbons (Fsp3) is 0.467. The fourth-order valence-corrected chi connectivity index (χ4v) is 3.82. The Morgan fingerprint density at radius 1 is 1.23 bits per heavy atom. The average Bonchev–Trinajstić information content (AvgIpc) is 2.96. The number of morpholine rings is 1. The molecule has 11 heteroatoms. The van der Waals surface area contributed by atoms with E-state index in [1.54, 1.807) is 25.1 Å². The molecule has 142 valence electrons. The van der Waals surface area contributed by atoms with E-state index in [1.165, 1.54) is 4.68 Å². The van der Waals surface area contributed by atoms with Crippen LogP contribution < -0.4 is 4.72 Å². The predicted octanol–water partition coefficient (Wildman–Crippen LogP) is 1.96. The van der Waals surface area contributed by atoms with E-state index in [4.69, 9.17) is 27.9 Å². The Bertz CT molecular complexity index is 881. The van der Waals surface area contributed by atoms with Gasteiger partial charge < -0.3 is 4.74 Å². The highest BCUT2D eigenvalue weighted by molar-refractivity contribution is 7.92. The van der Waals surface area contributed by atoms with Gasteiger partial charge in [0.15, 0.2) is 0 Å². The molecule has 2 aromatic rings. The second-order valence-corrected chi connectivity index (χ2v) is 8.52. The standard InChI is InChI=1S/C15H19Cl2N5O3S/c1-11-18-15(19-22(11)12-2-3-13(16)14(17)10-12)20-26(23,24)9-6-21-4-7-25-8-5-21/h2-3,10H,4-9H2,1H3,(H,19,20). The van der Waals surface area contributed by atoms with E-state index in [9.17, 15) is 8.42 Å². The molecule has 1 saturated heterocycles. The van der Waals surface area contributed by atoms with Crippen molar-refractivity contribution < 1.29 is 13.2 Å². The number of sulfonamides is 1. The van der Waals surface area contributed by atoms with Crippen LogP contribution in [0, 0.1) is 6.92 Å². The van der Waals surface area contributed by atoms with Crippen LogP contribution in [0.3, 0.4) is 0 Å². The molecule has 1 fully saturated rings. The average molecular weight is 420 g/mol. The Labute approximate surface area is 162 Å². The van der Waals surface area contributed by atoms with Gasteiger partial charge in [-0.25, -0.2) is 17.8 Å². The highest BCUT2D eigenvalue weighted by Crippen LogP contribution is 2.25. The first kappa shape index (κ1) is 19.4. The third-order valence-electron chi connectivity index (χ3n) is 3.94. The molecule has 1 N–H and O–H groups in total. The van der Waals surface area contributed by atoms with Crippen molar-refractivity contribution in [1.82, 2.24) is 19.7 Å². The summed E-state index contributed by atoms with van der Waals surface area (Å²) < 4.78 is 33.8. The zero-order valence-corrected chi connectivity index (χ0v) is 16.5. The summed E-state index contributed by atoms with van der Waals surface area (Å²) in [5.41, 5.74) is 0.642. The van der Waals surface area contributed by atoms with Crippen molar-refractivity contribution in [3.05, 3.63) is 34.1 Å². The molecule has 2 heterocycles. The lowest BCUT2D eigenvalue weighted by atomic mass is 10.3. The van der Waals surface area contributed by atoms with Crippen LogP contribution in [-0.4, -0.2) is 66.7 Å². The van der Waals surface area contributed by atoms with Gasteiger partial charge in [0, 0.05) is 19.6 Å². The Hall–Kier alpha value is -1.39. The van der Waals surface area contributed by atoms with Crippen LogP contribution >= 0.6 is 23.2 Å².